The van der Waals surface area contributed by atoms with E-state index in [1.54, 1.807) is 0 Å². The van der Waals surface area contributed by atoms with Crippen molar-refractivity contribution in [2.45, 2.75) is 0 Å². The highest BCUT2D eigenvalue weighted by atomic mass is 16.3. The lowest BCUT2D eigenvalue weighted by molar-refractivity contribution is 0.651. The standard InChI is InChI=1S/C42H23N3O2/c1-2-13-25(14-3-1)37-36-30-19-9-11-21-33(30)46-41(36)44-42(43-37)45-32-20-10-8-18-29(32)34-35-31-23-22-24-12-4-5-15-26(24)39(31)47-40(35)28-17-7-6-16-27(28)38(34)45/h1-23H. The normalized spacial score (nSPS) is 12.3. The molecule has 0 spiro atoms. The third-order valence-corrected chi connectivity index (χ3v) is 9.61. The summed E-state index contributed by atoms with van der Waals surface area (Å²) in [6.45, 7) is 0. The van der Waals surface area contributed by atoms with E-state index in [9.17, 15) is 0 Å². The summed E-state index contributed by atoms with van der Waals surface area (Å²) in [5.74, 6) is 0.560. The van der Waals surface area contributed by atoms with Gasteiger partial charge in [0.25, 0.3) is 0 Å². The lowest BCUT2D eigenvalue weighted by Gasteiger charge is -2.11. The first-order valence-electron chi connectivity index (χ1n) is 15.8. The van der Waals surface area contributed by atoms with Crippen LogP contribution in [0, 0.1) is 0 Å². The monoisotopic (exact) mass is 601 g/mol. The zero-order valence-corrected chi connectivity index (χ0v) is 24.9. The second kappa shape index (κ2) is 9.05. The Bertz CT molecular complexity index is 3070. The fourth-order valence-electron chi connectivity index (χ4n) is 7.62. The third kappa shape index (κ3) is 3.27. The van der Waals surface area contributed by atoms with Crippen LogP contribution in [0.4, 0.5) is 0 Å². The first kappa shape index (κ1) is 24.8. The van der Waals surface area contributed by atoms with Gasteiger partial charge in [0.2, 0.25) is 11.7 Å². The van der Waals surface area contributed by atoms with Crippen molar-refractivity contribution in [2.24, 2.45) is 0 Å². The number of fused-ring (bicyclic) bond motifs is 15. The molecule has 218 valence electrons. The Morgan fingerprint density at radius 1 is 0.447 bits per heavy atom. The van der Waals surface area contributed by atoms with Crippen LogP contribution in [0.3, 0.4) is 0 Å². The topological polar surface area (TPSA) is 57.0 Å². The predicted molar refractivity (Wildman–Crippen MR) is 191 cm³/mol. The first-order chi connectivity index (χ1) is 23.3. The van der Waals surface area contributed by atoms with E-state index < -0.39 is 0 Å². The molecule has 47 heavy (non-hydrogen) atoms. The molecule has 4 heterocycles. The maximum absolute atomic E-state index is 6.86. The lowest BCUT2D eigenvalue weighted by atomic mass is 9.98. The summed E-state index contributed by atoms with van der Waals surface area (Å²) >= 11 is 0. The summed E-state index contributed by atoms with van der Waals surface area (Å²) in [5, 5.41) is 10.7. The molecule has 0 aliphatic rings. The third-order valence-electron chi connectivity index (χ3n) is 9.61. The van der Waals surface area contributed by atoms with Gasteiger partial charge in [0, 0.05) is 48.7 Å². The van der Waals surface area contributed by atoms with Crippen molar-refractivity contribution in [3.8, 4) is 17.2 Å². The average molecular weight is 602 g/mol. The van der Waals surface area contributed by atoms with Crippen molar-refractivity contribution in [3.63, 3.8) is 0 Å². The molecule has 0 saturated carbocycles. The van der Waals surface area contributed by atoms with Crippen molar-refractivity contribution in [1.82, 2.24) is 14.5 Å². The van der Waals surface area contributed by atoms with Gasteiger partial charge in [-0.1, -0.05) is 121 Å². The number of nitrogens with zero attached hydrogens (tertiary/aromatic N) is 3. The predicted octanol–water partition coefficient (Wildman–Crippen LogP) is 11.3. The Morgan fingerprint density at radius 2 is 1.15 bits per heavy atom. The summed E-state index contributed by atoms with van der Waals surface area (Å²) in [6.07, 6.45) is 0. The van der Waals surface area contributed by atoms with Crippen molar-refractivity contribution in [1.29, 1.82) is 0 Å². The van der Waals surface area contributed by atoms with Crippen molar-refractivity contribution in [2.75, 3.05) is 0 Å². The number of furan rings is 2. The second-order valence-electron chi connectivity index (χ2n) is 12.1. The van der Waals surface area contributed by atoms with E-state index in [1.807, 2.05) is 36.4 Å². The molecule has 0 atom stereocenters. The minimum atomic E-state index is 0.560. The average Bonchev–Trinajstić information content (AvgIpc) is 3.82. The molecule has 0 amide bonds. The summed E-state index contributed by atoms with van der Waals surface area (Å²) < 4.78 is 15.5. The summed E-state index contributed by atoms with van der Waals surface area (Å²) in [4.78, 5) is 10.6. The van der Waals surface area contributed by atoms with Gasteiger partial charge in [-0.05, 0) is 23.6 Å². The zero-order chi connectivity index (χ0) is 30.6. The Balaban J connectivity index is 1.37. The Labute approximate surface area is 266 Å². The maximum atomic E-state index is 6.86. The summed E-state index contributed by atoms with van der Waals surface area (Å²) in [7, 11) is 0. The van der Waals surface area contributed by atoms with Gasteiger partial charge in [-0.3, -0.25) is 4.57 Å². The quantitative estimate of drug-likeness (QED) is 0.198. The molecular weight excluding hydrogens is 578 g/mol. The van der Waals surface area contributed by atoms with Crippen molar-refractivity contribution < 1.29 is 8.83 Å². The van der Waals surface area contributed by atoms with Crippen molar-refractivity contribution in [3.05, 3.63) is 140 Å². The van der Waals surface area contributed by atoms with Gasteiger partial charge in [0.05, 0.1) is 22.1 Å². The van der Waals surface area contributed by atoms with Gasteiger partial charge in [0.15, 0.2) is 0 Å². The van der Waals surface area contributed by atoms with Crippen LogP contribution >= 0.6 is 0 Å². The fourth-order valence-corrected chi connectivity index (χ4v) is 7.62. The molecular formula is C42H23N3O2. The van der Waals surface area contributed by atoms with Gasteiger partial charge in [-0.15, -0.1) is 0 Å². The fraction of sp³-hybridized carbons (Fsp3) is 0. The van der Waals surface area contributed by atoms with E-state index >= 15 is 0 Å². The highest BCUT2D eigenvalue weighted by molar-refractivity contribution is 6.37. The van der Waals surface area contributed by atoms with Crippen molar-refractivity contribution >= 4 is 87.4 Å². The van der Waals surface area contributed by atoms with E-state index in [1.165, 1.54) is 0 Å². The van der Waals surface area contributed by atoms with Crippen LogP contribution in [0.25, 0.3) is 105 Å². The molecule has 0 aliphatic heterocycles. The molecule has 0 N–H and O–H groups in total. The van der Waals surface area contributed by atoms with Gasteiger partial charge < -0.3 is 8.83 Å². The van der Waals surface area contributed by atoms with E-state index in [-0.39, 0.29) is 0 Å². The Morgan fingerprint density at radius 3 is 2.02 bits per heavy atom. The minimum absolute atomic E-state index is 0.560. The Hall–Kier alpha value is -6.46. The number of hydrogen-bond donors (Lipinski definition) is 0. The highest BCUT2D eigenvalue weighted by Crippen LogP contribution is 2.47. The van der Waals surface area contributed by atoms with E-state index in [0.717, 1.165) is 92.9 Å². The number of benzene rings is 7. The molecule has 0 bridgehead atoms. The largest absolute Gasteiger partial charge is 0.455 e. The second-order valence-corrected chi connectivity index (χ2v) is 12.1. The van der Waals surface area contributed by atoms with Crippen LogP contribution in [-0.2, 0) is 0 Å². The van der Waals surface area contributed by atoms with Gasteiger partial charge in [-0.2, -0.15) is 4.98 Å². The first-order valence-corrected chi connectivity index (χ1v) is 15.8. The number of para-hydroxylation sites is 2. The van der Waals surface area contributed by atoms with E-state index in [0.29, 0.717) is 11.7 Å². The molecule has 0 radical (unpaired) electrons. The van der Waals surface area contributed by atoms with Crippen LogP contribution in [0.1, 0.15) is 0 Å². The molecule has 0 saturated heterocycles. The zero-order valence-electron chi connectivity index (χ0n) is 24.9. The molecule has 11 rings (SSSR count). The molecule has 0 fully saturated rings. The van der Waals surface area contributed by atoms with Gasteiger partial charge >= 0.3 is 0 Å². The summed E-state index contributed by atoms with van der Waals surface area (Å²) in [5.41, 5.74) is 7.05. The van der Waals surface area contributed by atoms with Gasteiger partial charge in [-0.25, -0.2) is 4.98 Å². The SMILES string of the molecule is c1ccc(-c2nc(-n3c4ccccc4c4c5c6ccc7ccccc7c6oc5c5ccccc5c43)nc3oc4ccccc4c23)cc1. The van der Waals surface area contributed by atoms with Crippen LogP contribution < -0.4 is 0 Å². The maximum Gasteiger partial charge on any atom is 0.238 e. The number of aromatic nitrogens is 3. The van der Waals surface area contributed by atoms with Crippen LogP contribution in [0.15, 0.2) is 148 Å². The molecule has 0 aliphatic carbocycles. The number of hydrogen-bond acceptors (Lipinski definition) is 4. The molecule has 4 aromatic heterocycles. The lowest BCUT2D eigenvalue weighted by Crippen LogP contribution is -2.03. The van der Waals surface area contributed by atoms with Crippen LogP contribution in [0.2, 0.25) is 0 Å². The molecule has 7 aromatic carbocycles. The molecule has 5 nitrogen and oxygen atoms in total. The molecule has 5 heteroatoms. The highest BCUT2D eigenvalue weighted by Gasteiger charge is 2.26. The van der Waals surface area contributed by atoms with E-state index in [2.05, 4.69) is 108 Å². The number of rotatable bonds is 2. The van der Waals surface area contributed by atoms with Gasteiger partial charge in [0.1, 0.15) is 16.7 Å². The summed E-state index contributed by atoms with van der Waals surface area (Å²) in [6, 6.07) is 48.2. The Kier molecular flexibility index (Phi) is 4.78. The van der Waals surface area contributed by atoms with Crippen LogP contribution in [-0.4, -0.2) is 14.5 Å². The smallest absolute Gasteiger partial charge is 0.238 e. The molecule has 0 unspecified atom stereocenters. The molecule has 11 aromatic rings. The van der Waals surface area contributed by atoms with E-state index in [4.69, 9.17) is 18.8 Å². The van der Waals surface area contributed by atoms with Crippen LogP contribution in [0.5, 0.6) is 0 Å². The minimum Gasteiger partial charge on any atom is -0.455 e.